The number of aromatic amines is 1. The monoisotopic (exact) mass is 420 g/mol. The molecule has 1 aromatic rings. The van der Waals surface area contributed by atoms with E-state index in [0.717, 1.165) is 45.7 Å². The van der Waals surface area contributed by atoms with E-state index in [4.69, 9.17) is 9.47 Å². The number of aryl methyl sites for hydroxylation is 1. The summed E-state index contributed by atoms with van der Waals surface area (Å²) in [7, 11) is 1.32. The number of aromatic nitrogens is 1. The van der Waals surface area contributed by atoms with Gasteiger partial charge in [0.1, 0.15) is 5.69 Å². The number of hydrogen-bond acceptors (Lipinski definition) is 6. The van der Waals surface area contributed by atoms with E-state index >= 15 is 0 Å². The molecule has 0 saturated carbocycles. The van der Waals surface area contributed by atoms with Crippen LogP contribution in [0.15, 0.2) is 0 Å². The average Bonchev–Trinajstić information content (AvgIpc) is 3.07. The molecular weight excluding hydrogens is 388 g/mol. The Kier molecular flexibility index (Phi) is 7.49. The maximum absolute atomic E-state index is 13.1. The third-order valence-electron chi connectivity index (χ3n) is 5.95. The minimum absolute atomic E-state index is 0.00426. The normalized spacial score (nSPS) is 20.1. The summed E-state index contributed by atoms with van der Waals surface area (Å²) in [6, 6.07) is 0. The molecule has 0 bridgehead atoms. The summed E-state index contributed by atoms with van der Waals surface area (Å²) in [5, 5.41) is 3.02. The smallest absolute Gasteiger partial charge is 0.339 e. The third kappa shape index (κ3) is 5.02. The lowest BCUT2D eigenvalue weighted by atomic mass is 9.96. The van der Waals surface area contributed by atoms with Crippen molar-refractivity contribution in [3.63, 3.8) is 0 Å². The van der Waals surface area contributed by atoms with Gasteiger partial charge >= 0.3 is 5.97 Å². The number of rotatable bonds is 6. The van der Waals surface area contributed by atoms with Crippen LogP contribution in [0, 0.1) is 19.8 Å². The molecule has 0 radical (unpaired) electrons. The molecule has 2 fully saturated rings. The molecule has 9 nitrogen and oxygen atoms in total. The standard InChI is InChI=1S/C21H32N4O5/c1-14-17(21(28)29-3)15(2)23-18(14)20(27)25-7-4-5-16(13-25)19(26)22-6-8-24-9-11-30-12-10-24/h16,23H,4-13H2,1-3H3,(H,22,26)/t16-/m1/s1. The number of amides is 2. The summed E-state index contributed by atoms with van der Waals surface area (Å²) in [5.41, 5.74) is 1.98. The number of piperidine rings is 1. The average molecular weight is 421 g/mol. The van der Waals surface area contributed by atoms with Gasteiger partial charge in [0.05, 0.1) is 31.8 Å². The lowest BCUT2D eigenvalue weighted by molar-refractivity contribution is -0.126. The summed E-state index contributed by atoms with van der Waals surface area (Å²) in [6.45, 7) is 9.14. The predicted octanol–water partition coefficient (Wildman–Crippen LogP) is 0.719. The molecule has 1 aromatic heterocycles. The Bertz CT molecular complexity index is 785. The number of morpholine rings is 1. The van der Waals surface area contributed by atoms with E-state index in [2.05, 4.69) is 15.2 Å². The van der Waals surface area contributed by atoms with E-state index in [-0.39, 0.29) is 17.7 Å². The summed E-state index contributed by atoms with van der Waals surface area (Å²) in [4.78, 5) is 44.7. The first-order valence-corrected chi connectivity index (χ1v) is 10.6. The molecule has 9 heteroatoms. The molecule has 0 unspecified atom stereocenters. The first kappa shape index (κ1) is 22.3. The van der Waals surface area contributed by atoms with E-state index in [1.165, 1.54) is 7.11 Å². The van der Waals surface area contributed by atoms with Gasteiger partial charge in [-0.05, 0) is 32.3 Å². The Balaban J connectivity index is 1.57. The van der Waals surface area contributed by atoms with Crippen molar-refractivity contribution < 1.29 is 23.9 Å². The Morgan fingerprint density at radius 2 is 1.93 bits per heavy atom. The quantitative estimate of drug-likeness (QED) is 0.658. The van der Waals surface area contributed by atoms with Crippen LogP contribution in [0.3, 0.4) is 0 Å². The molecule has 2 aliphatic rings. The highest BCUT2D eigenvalue weighted by atomic mass is 16.5. The Hall–Kier alpha value is -2.39. The molecule has 2 saturated heterocycles. The largest absolute Gasteiger partial charge is 0.465 e. The van der Waals surface area contributed by atoms with E-state index in [1.807, 2.05) is 0 Å². The summed E-state index contributed by atoms with van der Waals surface area (Å²) >= 11 is 0. The van der Waals surface area contributed by atoms with Crippen LogP contribution < -0.4 is 5.32 Å². The second-order valence-electron chi connectivity index (χ2n) is 7.95. The van der Waals surface area contributed by atoms with Crippen LogP contribution >= 0.6 is 0 Å². The number of esters is 1. The number of likely N-dealkylation sites (tertiary alicyclic amines) is 1. The molecule has 166 valence electrons. The highest BCUT2D eigenvalue weighted by Gasteiger charge is 2.31. The number of methoxy groups -OCH3 is 1. The number of H-pyrrole nitrogens is 1. The molecule has 2 amide bonds. The highest BCUT2D eigenvalue weighted by molar-refractivity contribution is 6.00. The number of ether oxygens (including phenoxy) is 2. The molecule has 3 rings (SSSR count). The van der Waals surface area contributed by atoms with Crippen molar-refractivity contribution in [2.75, 3.05) is 59.6 Å². The number of nitrogens with zero attached hydrogens (tertiary/aromatic N) is 2. The van der Waals surface area contributed by atoms with Crippen molar-refractivity contribution in [3.8, 4) is 0 Å². The van der Waals surface area contributed by atoms with Crippen molar-refractivity contribution in [3.05, 3.63) is 22.5 Å². The zero-order valence-corrected chi connectivity index (χ0v) is 18.1. The van der Waals surface area contributed by atoms with Crippen molar-refractivity contribution in [1.29, 1.82) is 0 Å². The van der Waals surface area contributed by atoms with Crippen molar-refractivity contribution in [2.24, 2.45) is 5.92 Å². The predicted molar refractivity (Wildman–Crippen MR) is 111 cm³/mol. The fourth-order valence-corrected chi connectivity index (χ4v) is 4.21. The molecule has 1 atom stereocenters. The van der Waals surface area contributed by atoms with E-state index in [1.54, 1.807) is 18.7 Å². The molecule has 3 heterocycles. The molecule has 2 N–H and O–H groups in total. The summed E-state index contributed by atoms with van der Waals surface area (Å²) in [5.74, 6) is -0.868. The SMILES string of the molecule is COC(=O)c1c(C)[nH]c(C(=O)N2CCC[C@@H](C(=O)NCCN3CCOCC3)C2)c1C. The van der Waals surface area contributed by atoms with Crippen LogP contribution in [0.25, 0.3) is 0 Å². The summed E-state index contributed by atoms with van der Waals surface area (Å²) < 4.78 is 10.2. The topological polar surface area (TPSA) is 104 Å². The van der Waals surface area contributed by atoms with E-state index in [0.29, 0.717) is 42.1 Å². The Morgan fingerprint density at radius 3 is 2.63 bits per heavy atom. The van der Waals surface area contributed by atoms with Crippen LogP contribution in [0.5, 0.6) is 0 Å². The number of nitrogens with one attached hydrogen (secondary N) is 2. The first-order chi connectivity index (χ1) is 14.4. The zero-order chi connectivity index (χ0) is 21.7. The van der Waals surface area contributed by atoms with Gasteiger partial charge < -0.3 is 24.7 Å². The lowest BCUT2D eigenvalue weighted by Gasteiger charge is -2.32. The lowest BCUT2D eigenvalue weighted by Crippen LogP contribution is -2.47. The molecule has 30 heavy (non-hydrogen) atoms. The second-order valence-corrected chi connectivity index (χ2v) is 7.95. The van der Waals surface area contributed by atoms with Crippen LogP contribution in [-0.4, -0.2) is 92.2 Å². The Labute approximate surface area is 177 Å². The zero-order valence-electron chi connectivity index (χ0n) is 18.1. The minimum atomic E-state index is -0.462. The van der Waals surface area contributed by atoms with E-state index < -0.39 is 5.97 Å². The van der Waals surface area contributed by atoms with Crippen molar-refractivity contribution in [2.45, 2.75) is 26.7 Å². The first-order valence-electron chi connectivity index (χ1n) is 10.6. The van der Waals surface area contributed by atoms with Gasteiger partial charge in [-0.15, -0.1) is 0 Å². The fourth-order valence-electron chi connectivity index (χ4n) is 4.21. The van der Waals surface area contributed by atoms with Crippen molar-refractivity contribution >= 4 is 17.8 Å². The van der Waals surface area contributed by atoms with Crippen molar-refractivity contribution in [1.82, 2.24) is 20.1 Å². The minimum Gasteiger partial charge on any atom is -0.465 e. The molecule has 2 aliphatic heterocycles. The van der Waals surface area contributed by atoms with Gasteiger partial charge in [-0.3, -0.25) is 14.5 Å². The summed E-state index contributed by atoms with van der Waals surface area (Å²) in [6.07, 6.45) is 1.54. The molecular formula is C21H32N4O5. The second kappa shape index (κ2) is 10.1. The maximum atomic E-state index is 13.1. The van der Waals surface area contributed by atoms with Gasteiger partial charge in [-0.2, -0.15) is 0 Å². The van der Waals surface area contributed by atoms with Gasteiger partial charge in [0.25, 0.3) is 5.91 Å². The fraction of sp³-hybridized carbons (Fsp3) is 0.667. The molecule has 0 aromatic carbocycles. The van der Waals surface area contributed by atoms with Crippen LogP contribution in [0.2, 0.25) is 0 Å². The van der Waals surface area contributed by atoms with Crippen LogP contribution in [0.1, 0.15) is 44.9 Å². The van der Waals surface area contributed by atoms with Gasteiger partial charge in [0, 0.05) is 45.0 Å². The van der Waals surface area contributed by atoms with E-state index in [9.17, 15) is 14.4 Å². The van der Waals surface area contributed by atoms with Gasteiger partial charge in [-0.25, -0.2) is 4.79 Å². The van der Waals surface area contributed by atoms with Gasteiger partial charge in [-0.1, -0.05) is 0 Å². The molecule has 0 spiro atoms. The third-order valence-corrected chi connectivity index (χ3v) is 5.95. The Morgan fingerprint density at radius 1 is 1.20 bits per heavy atom. The highest BCUT2D eigenvalue weighted by Crippen LogP contribution is 2.23. The number of carbonyl (C=O) groups excluding carboxylic acids is 3. The van der Waals surface area contributed by atoms with Gasteiger partial charge in [0.2, 0.25) is 5.91 Å². The van der Waals surface area contributed by atoms with Gasteiger partial charge in [0.15, 0.2) is 0 Å². The van der Waals surface area contributed by atoms with Crippen LogP contribution in [0.4, 0.5) is 0 Å². The van der Waals surface area contributed by atoms with Crippen LogP contribution in [-0.2, 0) is 14.3 Å². The molecule has 0 aliphatic carbocycles. The maximum Gasteiger partial charge on any atom is 0.339 e. The number of hydrogen-bond donors (Lipinski definition) is 2. The number of carbonyl (C=O) groups is 3.